The molecule has 1 fully saturated rings. The van der Waals surface area contributed by atoms with E-state index in [4.69, 9.17) is 15.9 Å². The number of rotatable bonds is 4. The van der Waals surface area contributed by atoms with Crippen molar-refractivity contribution in [2.75, 3.05) is 6.61 Å². The monoisotopic (exact) mass is 184 g/mol. The van der Waals surface area contributed by atoms with Gasteiger partial charge in [-0.3, -0.25) is 5.41 Å². The molecule has 76 valence electrons. The molecule has 2 atom stereocenters. The van der Waals surface area contributed by atoms with E-state index in [-0.39, 0.29) is 5.84 Å². The quantitative estimate of drug-likeness (QED) is 0.518. The number of nitrogens with one attached hydrogen (secondary N) is 1. The number of hydrogen-bond donors (Lipinski definition) is 2. The standard InChI is InChI=1S/C10H20N2O/c1-8-3-2-4-9(7-8)13-6-5-10(11)12/h8-9H,2-7H2,1H3,(H3,11,12). The number of nitrogens with two attached hydrogens (primary N) is 1. The summed E-state index contributed by atoms with van der Waals surface area (Å²) in [6.07, 6.45) is 5.98. The molecule has 0 heterocycles. The summed E-state index contributed by atoms with van der Waals surface area (Å²) in [7, 11) is 0. The van der Waals surface area contributed by atoms with Crippen LogP contribution in [0.25, 0.3) is 0 Å². The first kappa shape index (κ1) is 10.5. The molecule has 1 aliphatic carbocycles. The predicted molar refractivity (Wildman–Crippen MR) is 53.9 cm³/mol. The van der Waals surface area contributed by atoms with Gasteiger partial charge in [0, 0.05) is 6.42 Å². The molecule has 1 rings (SSSR count). The Balaban J connectivity index is 2.10. The molecule has 0 aromatic heterocycles. The smallest absolute Gasteiger partial charge is 0.0928 e. The van der Waals surface area contributed by atoms with Gasteiger partial charge in [0.25, 0.3) is 0 Å². The van der Waals surface area contributed by atoms with Crippen LogP contribution in [0.1, 0.15) is 39.0 Å². The van der Waals surface area contributed by atoms with E-state index in [9.17, 15) is 0 Å². The Morgan fingerprint density at radius 2 is 2.31 bits per heavy atom. The van der Waals surface area contributed by atoms with Crippen molar-refractivity contribution in [2.45, 2.75) is 45.1 Å². The van der Waals surface area contributed by atoms with E-state index in [1.54, 1.807) is 0 Å². The van der Waals surface area contributed by atoms with Gasteiger partial charge in [0.15, 0.2) is 0 Å². The number of amidine groups is 1. The normalized spacial score (nSPS) is 28.7. The van der Waals surface area contributed by atoms with Crippen molar-refractivity contribution in [3.63, 3.8) is 0 Å². The Morgan fingerprint density at radius 3 is 2.92 bits per heavy atom. The molecule has 3 heteroatoms. The van der Waals surface area contributed by atoms with Crippen molar-refractivity contribution in [1.82, 2.24) is 0 Å². The lowest BCUT2D eigenvalue weighted by Crippen LogP contribution is -2.23. The summed E-state index contributed by atoms with van der Waals surface area (Å²) in [5.74, 6) is 1.03. The minimum absolute atomic E-state index is 0.226. The summed E-state index contributed by atoms with van der Waals surface area (Å²) < 4.78 is 5.64. The van der Waals surface area contributed by atoms with Gasteiger partial charge in [0.2, 0.25) is 0 Å². The van der Waals surface area contributed by atoms with Crippen molar-refractivity contribution >= 4 is 5.84 Å². The van der Waals surface area contributed by atoms with Crippen LogP contribution in [0.2, 0.25) is 0 Å². The maximum absolute atomic E-state index is 7.05. The summed E-state index contributed by atoms with van der Waals surface area (Å²) in [5, 5.41) is 7.05. The zero-order valence-electron chi connectivity index (χ0n) is 8.38. The van der Waals surface area contributed by atoms with Crippen LogP contribution < -0.4 is 5.73 Å². The summed E-state index contributed by atoms with van der Waals surface area (Å²) in [4.78, 5) is 0. The Kier molecular flexibility index (Phi) is 4.22. The molecule has 0 aliphatic heterocycles. The van der Waals surface area contributed by atoms with Crippen LogP contribution in [0.15, 0.2) is 0 Å². The molecule has 0 radical (unpaired) electrons. The van der Waals surface area contributed by atoms with E-state index in [0.29, 0.717) is 19.1 Å². The second-order valence-electron chi connectivity index (χ2n) is 4.04. The zero-order valence-corrected chi connectivity index (χ0v) is 8.38. The van der Waals surface area contributed by atoms with Crippen LogP contribution >= 0.6 is 0 Å². The Bertz CT molecular complexity index is 170. The second kappa shape index (κ2) is 5.22. The minimum Gasteiger partial charge on any atom is -0.388 e. The Labute approximate surface area is 80.2 Å². The molecule has 1 aliphatic rings. The molecule has 13 heavy (non-hydrogen) atoms. The summed E-state index contributed by atoms with van der Waals surface area (Å²) >= 11 is 0. The van der Waals surface area contributed by atoms with Gasteiger partial charge in [-0.2, -0.15) is 0 Å². The van der Waals surface area contributed by atoms with Gasteiger partial charge in [-0.15, -0.1) is 0 Å². The summed E-state index contributed by atoms with van der Waals surface area (Å²) in [6, 6.07) is 0. The van der Waals surface area contributed by atoms with Crippen molar-refractivity contribution in [1.29, 1.82) is 5.41 Å². The van der Waals surface area contributed by atoms with Crippen molar-refractivity contribution in [3.8, 4) is 0 Å². The summed E-state index contributed by atoms with van der Waals surface area (Å²) in [5.41, 5.74) is 5.24. The van der Waals surface area contributed by atoms with Gasteiger partial charge in [0.05, 0.1) is 18.5 Å². The maximum Gasteiger partial charge on any atom is 0.0928 e. The Morgan fingerprint density at radius 1 is 1.54 bits per heavy atom. The van der Waals surface area contributed by atoms with Gasteiger partial charge >= 0.3 is 0 Å². The minimum atomic E-state index is 0.226. The highest BCUT2D eigenvalue weighted by atomic mass is 16.5. The molecule has 2 unspecified atom stereocenters. The lowest BCUT2D eigenvalue weighted by atomic mass is 9.89. The maximum atomic E-state index is 7.05. The average molecular weight is 184 g/mol. The fourth-order valence-corrected chi connectivity index (χ4v) is 1.87. The van der Waals surface area contributed by atoms with E-state index in [2.05, 4.69) is 6.92 Å². The molecule has 1 saturated carbocycles. The van der Waals surface area contributed by atoms with Gasteiger partial charge in [-0.1, -0.05) is 19.8 Å². The highest BCUT2D eigenvalue weighted by Gasteiger charge is 2.18. The SMILES string of the molecule is CC1CCCC(OCCC(=N)N)C1. The third kappa shape index (κ3) is 4.27. The molecule has 3 N–H and O–H groups in total. The molecule has 0 amide bonds. The molecular weight excluding hydrogens is 164 g/mol. The van der Waals surface area contributed by atoms with Crippen LogP contribution in [0.4, 0.5) is 0 Å². The average Bonchev–Trinajstić information content (AvgIpc) is 2.03. The van der Waals surface area contributed by atoms with Gasteiger partial charge in [-0.25, -0.2) is 0 Å². The molecule has 3 nitrogen and oxygen atoms in total. The third-order valence-electron chi connectivity index (χ3n) is 2.61. The highest BCUT2D eigenvalue weighted by Crippen LogP contribution is 2.25. The van der Waals surface area contributed by atoms with Gasteiger partial charge in [-0.05, 0) is 18.8 Å². The first-order valence-electron chi connectivity index (χ1n) is 5.13. The fourth-order valence-electron chi connectivity index (χ4n) is 1.87. The molecular formula is C10H20N2O. The number of hydrogen-bond acceptors (Lipinski definition) is 2. The van der Waals surface area contributed by atoms with Gasteiger partial charge < -0.3 is 10.5 Å². The lowest BCUT2D eigenvalue weighted by Gasteiger charge is -2.26. The molecule has 0 spiro atoms. The van der Waals surface area contributed by atoms with Crippen molar-refractivity contribution in [3.05, 3.63) is 0 Å². The highest BCUT2D eigenvalue weighted by molar-refractivity contribution is 5.76. The zero-order chi connectivity index (χ0) is 9.68. The van der Waals surface area contributed by atoms with Crippen LogP contribution in [-0.4, -0.2) is 18.5 Å². The van der Waals surface area contributed by atoms with E-state index < -0.39 is 0 Å². The first-order valence-corrected chi connectivity index (χ1v) is 5.13. The Hall–Kier alpha value is -0.570. The van der Waals surface area contributed by atoms with Crippen molar-refractivity contribution < 1.29 is 4.74 Å². The van der Waals surface area contributed by atoms with E-state index in [0.717, 1.165) is 5.92 Å². The molecule has 0 saturated heterocycles. The molecule has 0 aromatic rings. The third-order valence-corrected chi connectivity index (χ3v) is 2.61. The van der Waals surface area contributed by atoms with Crippen LogP contribution in [0.3, 0.4) is 0 Å². The first-order chi connectivity index (χ1) is 6.18. The van der Waals surface area contributed by atoms with Gasteiger partial charge in [0.1, 0.15) is 0 Å². The summed E-state index contributed by atoms with van der Waals surface area (Å²) in [6.45, 7) is 2.90. The fraction of sp³-hybridized carbons (Fsp3) is 0.900. The number of ether oxygens (including phenoxy) is 1. The van der Waals surface area contributed by atoms with E-state index in [1.165, 1.54) is 25.7 Å². The molecule has 0 bridgehead atoms. The topological polar surface area (TPSA) is 59.1 Å². The van der Waals surface area contributed by atoms with E-state index >= 15 is 0 Å². The van der Waals surface area contributed by atoms with Crippen LogP contribution in [0.5, 0.6) is 0 Å². The largest absolute Gasteiger partial charge is 0.388 e. The predicted octanol–water partition coefficient (Wildman–Crippen LogP) is 1.91. The van der Waals surface area contributed by atoms with Crippen LogP contribution in [-0.2, 0) is 4.74 Å². The van der Waals surface area contributed by atoms with Crippen LogP contribution in [0, 0.1) is 11.3 Å². The van der Waals surface area contributed by atoms with E-state index in [1.807, 2.05) is 0 Å². The molecule has 0 aromatic carbocycles. The second-order valence-corrected chi connectivity index (χ2v) is 4.04. The lowest BCUT2D eigenvalue weighted by molar-refractivity contribution is 0.0194. The van der Waals surface area contributed by atoms with Crippen molar-refractivity contribution in [2.24, 2.45) is 11.7 Å².